The molecule has 2 amide bonds. The molecule has 1 aliphatic rings. The average molecular weight is 481 g/mol. The summed E-state index contributed by atoms with van der Waals surface area (Å²) < 4.78 is 7.12. The molecule has 0 atom stereocenters. The van der Waals surface area contributed by atoms with Crippen molar-refractivity contribution in [1.82, 2.24) is 9.78 Å². The summed E-state index contributed by atoms with van der Waals surface area (Å²) in [5.74, 6) is 1.45. The minimum atomic E-state index is -0.161. The van der Waals surface area contributed by atoms with E-state index in [-0.39, 0.29) is 11.8 Å². The first-order valence-corrected chi connectivity index (χ1v) is 11.9. The monoisotopic (exact) mass is 480 g/mol. The van der Waals surface area contributed by atoms with Gasteiger partial charge in [0.25, 0.3) is 5.91 Å². The van der Waals surface area contributed by atoms with Gasteiger partial charge in [-0.3, -0.25) is 14.5 Å². The SMILES string of the molecule is COc1ccc(-c2cc3n(n2)CCC(=O)N3Cc2ccc(C(=O)Nc3cc(C)ccc3C)cc2)cc1. The first-order valence-electron chi connectivity index (χ1n) is 11.9. The Hall–Kier alpha value is -4.39. The third kappa shape index (κ3) is 4.73. The molecule has 2 heterocycles. The van der Waals surface area contributed by atoms with Gasteiger partial charge in [-0.15, -0.1) is 0 Å². The number of aryl methyl sites for hydroxylation is 3. The Labute approximate surface area is 210 Å². The molecule has 182 valence electrons. The summed E-state index contributed by atoms with van der Waals surface area (Å²) in [5, 5.41) is 7.71. The van der Waals surface area contributed by atoms with Crippen LogP contribution in [0.4, 0.5) is 11.5 Å². The molecule has 0 aliphatic carbocycles. The zero-order valence-electron chi connectivity index (χ0n) is 20.6. The second-order valence-electron chi connectivity index (χ2n) is 9.04. The molecule has 1 N–H and O–H groups in total. The molecule has 1 aromatic heterocycles. The van der Waals surface area contributed by atoms with Gasteiger partial charge in [0.1, 0.15) is 11.6 Å². The number of hydrogen-bond acceptors (Lipinski definition) is 4. The van der Waals surface area contributed by atoms with Crippen LogP contribution >= 0.6 is 0 Å². The minimum Gasteiger partial charge on any atom is -0.497 e. The molecule has 0 radical (unpaired) electrons. The third-order valence-corrected chi connectivity index (χ3v) is 6.46. The first kappa shape index (κ1) is 23.4. The lowest BCUT2D eigenvalue weighted by Gasteiger charge is -2.27. The van der Waals surface area contributed by atoms with Gasteiger partial charge < -0.3 is 10.1 Å². The van der Waals surface area contributed by atoms with Gasteiger partial charge in [0, 0.05) is 29.3 Å². The molecule has 0 fully saturated rings. The fourth-order valence-corrected chi connectivity index (χ4v) is 4.33. The van der Waals surface area contributed by atoms with E-state index >= 15 is 0 Å². The smallest absolute Gasteiger partial charge is 0.255 e. The fraction of sp³-hybridized carbons (Fsp3) is 0.207. The van der Waals surface area contributed by atoms with Crippen molar-refractivity contribution in [3.8, 4) is 17.0 Å². The molecule has 36 heavy (non-hydrogen) atoms. The molecule has 1 aliphatic heterocycles. The largest absolute Gasteiger partial charge is 0.497 e. The van der Waals surface area contributed by atoms with Crippen LogP contribution in [0, 0.1) is 13.8 Å². The Balaban J connectivity index is 1.32. The van der Waals surface area contributed by atoms with Crippen LogP contribution in [0.1, 0.15) is 33.5 Å². The lowest BCUT2D eigenvalue weighted by molar-refractivity contribution is -0.119. The van der Waals surface area contributed by atoms with E-state index in [0.717, 1.165) is 45.2 Å². The fourth-order valence-electron chi connectivity index (χ4n) is 4.33. The zero-order valence-corrected chi connectivity index (χ0v) is 20.6. The summed E-state index contributed by atoms with van der Waals surface area (Å²) in [6, 6.07) is 23.0. The van der Waals surface area contributed by atoms with E-state index in [1.54, 1.807) is 24.1 Å². The Kier molecular flexibility index (Phi) is 6.29. The Morgan fingerprint density at radius 1 is 1.00 bits per heavy atom. The summed E-state index contributed by atoms with van der Waals surface area (Å²) in [7, 11) is 1.64. The molecule has 0 spiro atoms. The quantitative estimate of drug-likeness (QED) is 0.403. The van der Waals surface area contributed by atoms with Crippen LogP contribution in [0.3, 0.4) is 0 Å². The van der Waals surface area contributed by atoms with Gasteiger partial charge >= 0.3 is 0 Å². The maximum Gasteiger partial charge on any atom is 0.255 e. The van der Waals surface area contributed by atoms with Gasteiger partial charge in [-0.2, -0.15) is 5.10 Å². The lowest BCUT2D eigenvalue weighted by Crippen LogP contribution is -2.36. The van der Waals surface area contributed by atoms with Crippen molar-refractivity contribution in [3.63, 3.8) is 0 Å². The minimum absolute atomic E-state index is 0.0559. The number of fused-ring (bicyclic) bond motifs is 1. The third-order valence-electron chi connectivity index (χ3n) is 6.46. The van der Waals surface area contributed by atoms with Gasteiger partial charge in [0.05, 0.1) is 25.9 Å². The van der Waals surface area contributed by atoms with E-state index in [2.05, 4.69) is 5.32 Å². The average Bonchev–Trinajstić information content (AvgIpc) is 3.33. The molecular formula is C29H28N4O3. The number of anilines is 2. The molecule has 0 bridgehead atoms. The van der Waals surface area contributed by atoms with Gasteiger partial charge in [0.2, 0.25) is 5.91 Å². The number of methoxy groups -OCH3 is 1. The maximum absolute atomic E-state index is 12.8. The molecule has 7 heteroatoms. The van der Waals surface area contributed by atoms with Gasteiger partial charge in [-0.05, 0) is 73.0 Å². The van der Waals surface area contributed by atoms with Crippen LogP contribution in [0.25, 0.3) is 11.3 Å². The lowest BCUT2D eigenvalue weighted by atomic mass is 10.1. The molecule has 0 saturated heterocycles. The summed E-state index contributed by atoms with van der Waals surface area (Å²) in [4.78, 5) is 27.4. The van der Waals surface area contributed by atoms with Gasteiger partial charge in [-0.1, -0.05) is 24.3 Å². The highest BCUT2D eigenvalue weighted by molar-refractivity contribution is 6.04. The molecule has 0 unspecified atom stereocenters. The first-order chi connectivity index (χ1) is 17.4. The zero-order chi connectivity index (χ0) is 25.2. The van der Waals surface area contributed by atoms with Crippen LogP contribution < -0.4 is 15.0 Å². The Bertz CT molecular complexity index is 1420. The highest BCUT2D eigenvalue weighted by Gasteiger charge is 2.26. The second-order valence-corrected chi connectivity index (χ2v) is 9.04. The molecular weight excluding hydrogens is 452 g/mol. The Morgan fingerprint density at radius 2 is 1.75 bits per heavy atom. The highest BCUT2D eigenvalue weighted by Crippen LogP contribution is 2.30. The van der Waals surface area contributed by atoms with E-state index in [4.69, 9.17) is 9.84 Å². The van der Waals surface area contributed by atoms with Crippen molar-refractivity contribution in [3.05, 3.63) is 95.1 Å². The summed E-state index contributed by atoms with van der Waals surface area (Å²) in [5.41, 5.74) is 6.19. The van der Waals surface area contributed by atoms with Gasteiger partial charge in [0.15, 0.2) is 0 Å². The van der Waals surface area contributed by atoms with Crippen molar-refractivity contribution < 1.29 is 14.3 Å². The summed E-state index contributed by atoms with van der Waals surface area (Å²) >= 11 is 0. The predicted molar refractivity (Wildman–Crippen MR) is 140 cm³/mol. The van der Waals surface area contributed by atoms with Crippen molar-refractivity contribution >= 4 is 23.3 Å². The standard InChI is InChI=1S/C29H28N4O3/c1-19-4-5-20(2)25(16-19)30-29(35)23-8-6-21(7-9-23)18-32-27-17-26(31-33(27)15-14-28(32)34)22-10-12-24(36-3)13-11-22/h4-13,16-17H,14-15,18H2,1-3H3,(H,30,35). The number of rotatable bonds is 6. The molecule has 5 rings (SSSR count). The van der Waals surface area contributed by atoms with Crippen molar-refractivity contribution in [2.45, 2.75) is 33.4 Å². The topological polar surface area (TPSA) is 76.5 Å². The van der Waals surface area contributed by atoms with E-state index in [1.807, 2.05) is 79.2 Å². The van der Waals surface area contributed by atoms with Crippen molar-refractivity contribution in [1.29, 1.82) is 0 Å². The number of carbonyl (C=O) groups excluding carboxylic acids is 2. The molecule has 7 nitrogen and oxygen atoms in total. The van der Waals surface area contributed by atoms with E-state index in [0.29, 0.717) is 25.1 Å². The highest BCUT2D eigenvalue weighted by atomic mass is 16.5. The van der Waals surface area contributed by atoms with Crippen LogP contribution in [-0.2, 0) is 17.9 Å². The maximum atomic E-state index is 12.8. The molecule has 3 aromatic carbocycles. The van der Waals surface area contributed by atoms with Crippen LogP contribution in [0.15, 0.2) is 72.8 Å². The Morgan fingerprint density at radius 3 is 2.47 bits per heavy atom. The predicted octanol–water partition coefficient (Wildman–Crippen LogP) is 5.36. The van der Waals surface area contributed by atoms with Crippen LogP contribution in [0.5, 0.6) is 5.75 Å². The normalized spacial score (nSPS) is 12.9. The number of hydrogen-bond donors (Lipinski definition) is 1. The second kappa shape index (κ2) is 9.70. The van der Waals surface area contributed by atoms with Gasteiger partial charge in [-0.25, -0.2) is 4.68 Å². The summed E-state index contributed by atoms with van der Waals surface area (Å²) in [6.45, 7) is 4.93. The van der Waals surface area contributed by atoms with Crippen molar-refractivity contribution in [2.24, 2.45) is 0 Å². The molecule has 0 saturated carbocycles. The molecule has 4 aromatic rings. The number of benzene rings is 3. The van der Waals surface area contributed by atoms with Crippen LogP contribution in [-0.4, -0.2) is 28.7 Å². The van der Waals surface area contributed by atoms with E-state index in [1.165, 1.54) is 0 Å². The number of nitrogens with zero attached hydrogens (tertiary/aromatic N) is 3. The number of nitrogens with one attached hydrogen (secondary N) is 1. The summed E-state index contributed by atoms with van der Waals surface area (Å²) in [6.07, 6.45) is 0.396. The van der Waals surface area contributed by atoms with Crippen LogP contribution in [0.2, 0.25) is 0 Å². The number of amides is 2. The number of carbonyl (C=O) groups is 2. The van der Waals surface area contributed by atoms with E-state index in [9.17, 15) is 9.59 Å². The number of aromatic nitrogens is 2. The van der Waals surface area contributed by atoms with Crippen molar-refractivity contribution in [2.75, 3.05) is 17.3 Å². The van der Waals surface area contributed by atoms with E-state index < -0.39 is 0 Å². The number of ether oxygens (including phenoxy) is 1.